The van der Waals surface area contributed by atoms with E-state index in [1.165, 1.54) is 24.2 Å². The van der Waals surface area contributed by atoms with Crippen molar-refractivity contribution in [3.63, 3.8) is 0 Å². The Morgan fingerprint density at radius 2 is 2.11 bits per heavy atom. The summed E-state index contributed by atoms with van der Waals surface area (Å²) < 4.78 is 0. The number of thioether (sulfide) groups is 1. The van der Waals surface area contributed by atoms with Crippen molar-refractivity contribution in [2.24, 2.45) is 5.92 Å². The first-order chi connectivity index (χ1) is 9.15. The predicted octanol–water partition coefficient (Wildman–Crippen LogP) is 5.24. The van der Waals surface area contributed by atoms with Crippen LogP contribution >= 0.6 is 23.4 Å². The molecule has 1 N–H and O–H groups in total. The lowest BCUT2D eigenvalue weighted by molar-refractivity contribution is 0.417. The van der Waals surface area contributed by atoms with Crippen LogP contribution in [0.15, 0.2) is 29.2 Å². The van der Waals surface area contributed by atoms with E-state index in [0.717, 1.165) is 23.2 Å². The van der Waals surface area contributed by atoms with Crippen molar-refractivity contribution < 1.29 is 0 Å². The molecule has 0 saturated carbocycles. The molecule has 108 valence electrons. The molecular formula is C16H26ClNS. The molecule has 3 heteroatoms. The maximum absolute atomic E-state index is 6.02. The third-order valence-electron chi connectivity index (χ3n) is 3.31. The molecule has 0 spiro atoms. The molecule has 1 nitrogen and oxygen atoms in total. The van der Waals surface area contributed by atoms with Crippen molar-refractivity contribution in [3.8, 4) is 0 Å². The molecule has 0 fully saturated rings. The number of rotatable bonds is 9. The Balaban J connectivity index is 2.47. The number of hydrogen-bond acceptors (Lipinski definition) is 2. The zero-order valence-electron chi connectivity index (χ0n) is 12.3. The third-order valence-corrected chi connectivity index (χ3v) is 4.71. The number of hydrogen-bond donors (Lipinski definition) is 1. The Bertz CT molecular complexity index is 356. The van der Waals surface area contributed by atoms with Crippen LogP contribution in [0.2, 0.25) is 5.02 Å². The quantitative estimate of drug-likeness (QED) is 0.626. The first-order valence-electron chi connectivity index (χ1n) is 7.27. The Hall–Kier alpha value is -0.180. The normalized spacial score (nSPS) is 14.3. The van der Waals surface area contributed by atoms with Crippen LogP contribution in [0, 0.1) is 5.92 Å². The van der Waals surface area contributed by atoms with Crippen LogP contribution in [0.25, 0.3) is 0 Å². The smallest absolute Gasteiger partial charge is 0.0417 e. The van der Waals surface area contributed by atoms with Crippen molar-refractivity contribution in [2.45, 2.75) is 51.0 Å². The molecule has 0 saturated heterocycles. The summed E-state index contributed by atoms with van der Waals surface area (Å²) in [5.74, 6) is 1.90. The second kappa shape index (κ2) is 9.68. The van der Waals surface area contributed by atoms with Crippen LogP contribution in [0.3, 0.4) is 0 Å². The predicted molar refractivity (Wildman–Crippen MR) is 88.3 cm³/mol. The van der Waals surface area contributed by atoms with Gasteiger partial charge in [0.1, 0.15) is 0 Å². The highest BCUT2D eigenvalue weighted by atomic mass is 35.5. The first-order valence-corrected chi connectivity index (χ1v) is 8.63. The maximum atomic E-state index is 6.02. The highest BCUT2D eigenvalue weighted by Gasteiger charge is 2.12. The molecule has 0 heterocycles. The molecule has 0 aliphatic heterocycles. The summed E-state index contributed by atoms with van der Waals surface area (Å²) in [4.78, 5) is 1.26. The van der Waals surface area contributed by atoms with Crippen LogP contribution in [-0.2, 0) is 0 Å². The summed E-state index contributed by atoms with van der Waals surface area (Å²) in [6.07, 6.45) is 3.70. The summed E-state index contributed by atoms with van der Waals surface area (Å²) in [5.41, 5.74) is 0. The van der Waals surface area contributed by atoms with Crippen LogP contribution in [-0.4, -0.2) is 18.3 Å². The molecule has 2 atom stereocenters. The van der Waals surface area contributed by atoms with Gasteiger partial charge in [0.25, 0.3) is 0 Å². The topological polar surface area (TPSA) is 12.0 Å². The lowest BCUT2D eigenvalue weighted by atomic mass is 10.0. The van der Waals surface area contributed by atoms with E-state index in [0.29, 0.717) is 6.04 Å². The summed E-state index contributed by atoms with van der Waals surface area (Å²) in [7, 11) is 0. The molecule has 0 aliphatic rings. The summed E-state index contributed by atoms with van der Waals surface area (Å²) in [6.45, 7) is 7.94. The van der Waals surface area contributed by atoms with Crippen molar-refractivity contribution in [3.05, 3.63) is 29.3 Å². The molecule has 0 radical (unpaired) electrons. The third kappa shape index (κ3) is 7.24. The molecule has 0 aliphatic carbocycles. The van der Waals surface area contributed by atoms with E-state index >= 15 is 0 Å². The second-order valence-corrected chi connectivity index (χ2v) is 6.70. The summed E-state index contributed by atoms with van der Waals surface area (Å²) in [5, 5.41) is 4.49. The van der Waals surface area contributed by atoms with E-state index in [-0.39, 0.29) is 0 Å². The number of halogens is 1. The van der Waals surface area contributed by atoms with Crippen LogP contribution in [0.5, 0.6) is 0 Å². The van der Waals surface area contributed by atoms with Gasteiger partial charge in [-0.15, -0.1) is 11.8 Å². The monoisotopic (exact) mass is 299 g/mol. The van der Waals surface area contributed by atoms with E-state index in [2.05, 4.69) is 32.2 Å². The first kappa shape index (κ1) is 16.9. The average Bonchev–Trinajstić information content (AvgIpc) is 2.41. The summed E-state index contributed by atoms with van der Waals surface area (Å²) >= 11 is 7.92. The van der Waals surface area contributed by atoms with Crippen molar-refractivity contribution >= 4 is 23.4 Å². The molecule has 1 rings (SSSR count). The molecule has 2 unspecified atom stereocenters. The fraction of sp³-hybridized carbons (Fsp3) is 0.625. The fourth-order valence-corrected chi connectivity index (χ4v) is 3.25. The van der Waals surface area contributed by atoms with Crippen molar-refractivity contribution in [2.75, 3.05) is 12.3 Å². The zero-order valence-corrected chi connectivity index (χ0v) is 13.9. The van der Waals surface area contributed by atoms with E-state index in [1.54, 1.807) is 0 Å². The Morgan fingerprint density at radius 3 is 2.74 bits per heavy atom. The molecule has 19 heavy (non-hydrogen) atoms. The van der Waals surface area contributed by atoms with Gasteiger partial charge in [0.15, 0.2) is 0 Å². The van der Waals surface area contributed by atoms with E-state index in [9.17, 15) is 0 Å². The van der Waals surface area contributed by atoms with Gasteiger partial charge in [0.05, 0.1) is 0 Å². The SMILES string of the molecule is CCCNC(CSc1cccc(Cl)c1)CC(C)CC. The lowest BCUT2D eigenvalue weighted by Gasteiger charge is -2.21. The molecule has 0 amide bonds. The van der Waals surface area contributed by atoms with Gasteiger partial charge >= 0.3 is 0 Å². The average molecular weight is 300 g/mol. The lowest BCUT2D eigenvalue weighted by Crippen LogP contribution is -2.33. The van der Waals surface area contributed by atoms with Crippen molar-refractivity contribution in [1.82, 2.24) is 5.32 Å². The van der Waals surface area contributed by atoms with Gasteiger partial charge in [0, 0.05) is 21.7 Å². The Kier molecular flexibility index (Phi) is 8.60. The largest absolute Gasteiger partial charge is 0.313 e. The van der Waals surface area contributed by atoms with Gasteiger partial charge in [-0.1, -0.05) is 44.9 Å². The van der Waals surface area contributed by atoms with Gasteiger partial charge in [-0.3, -0.25) is 0 Å². The molecule has 1 aromatic carbocycles. The highest BCUT2D eigenvalue weighted by molar-refractivity contribution is 7.99. The van der Waals surface area contributed by atoms with Gasteiger partial charge in [-0.05, 0) is 43.5 Å². The number of benzene rings is 1. The second-order valence-electron chi connectivity index (χ2n) is 5.17. The van der Waals surface area contributed by atoms with Gasteiger partial charge < -0.3 is 5.32 Å². The Morgan fingerprint density at radius 1 is 1.32 bits per heavy atom. The maximum Gasteiger partial charge on any atom is 0.0417 e. The minimum absolute atomic E-state index is 0.596. The van der Waals surface area contributed by atoms with Crippen molar-refractivity contribution in [1.29, 1.82) is 0 Å². The van der Waals surface area contributed by atoms with Crippen LogP contribution in [0.1, 0.15) is 40.0 Å². The highest BCUT2D eigenvalue weighted by Crippen LogP contribution is 2.24. The molecule has 0 bridgehead atoms. The fourth-order valence-electron chi connectivity index (χ4n) is 1.96. The standard InChI is InChI=1S/C16H26ClNS/c1-4-9-18-15(10-13(3)5-2)12-19-16-8-6-7-14(17)11-16/h6-8,11,13,15,18H,4-5,9-10,12H2,1-3H3. The van der Waals surface area contributed by atoms with Gasteiger partial charge in [-0.2, -0.15) is 0 Å². The van der Waals surface area contributed by atoms with E-state index < -0.39 is 0 Å². The van der Waals surface area contributed by atoms with Gasteiger partial charge in [-0.25, -0.2) is 0 Å². The van der Waals surface area contributed by atoms with E-state index in [4.69, 9.17) is 11.6 Å². The molecular weight excluding hydrogens is 274 g/mol. The van der Waals surface area contributed by atoms with Crippen LogP contribution < -0.4 is 5.32 Å². The molecule has 0 aromatic heterocycles. The van der Waals surface area contributed by atoms with E-state index in [1.807, 2.05) is 30.0 Å². The Labute approximate surface area is 127 Å². The minimum atomic E-state index is 0.596. The minimum Gasteiger partial charge on any atom is -0.313 e. The molecule has 1 aromatic rings. The van der Waals surface area contributed by atoms with Gasteiger partial charge in [0.2, 0.25) is 0 Å². The number of nitrogens with one attached hydrogen (secondary N) is 1. The van der Waals surface area contributed by atoms with Crippen LogP contribution in [0.4, 0.5) is 0 Å². The summed E-state index contributed by atoms with van der Waals surface area (Å²) in [6, 6.07) is 8.73. The zero-order chi connectivity index (χ0) is 14.1.